The van der Waals surface area contributed by atoms with Gasteiger partial charge in [-0.2, -0.15) is 5.10 Å². The van der Waals surface area contributed by atoms with Crippen molar-refractivity contribution < 1.29 is 9.53 Å². The number of nitrogens with one attached hydrogen (secondary N) is 2. The summed E-state index contributed by atoms with van der Waals surface area (Å²) in [6.07, 6.45) is 7.24. The van der Waals surface area contributed by atoms with Gasteiger partial charge in [0.15, 0.2) is 0 Å². The summed E-state index contributed by atoms with van der Waals surface area (Å²) in [6.45, 7) is 3.59. The van der Waals surface area contributed by atoms with Crippen molar-refractivity contribution in [3.05, 3.63) is 64.9 Å². The summed E-state index contributed by atoms with van der Waals surface area (Å²) in [5.41, 5.74) is 6.29. The molecule has 1 aliphatic heterocycles. The molecular weight excluding hydrogens is 416 g/mol. The number of carbonyl (C=O) groups is 1. The molecule has 0 spiro atoms. The molecule has 3 aromatic rings. The largest absolute Gasteiger partial charge is 0.368 e. The maximum absolute atomic E-state index is 13.0. The molecule has 5 rings (SSSR count). The van der Waals surface area contributed by atoms with Gasteiger partial charge in [0.2, 0.25) is 5.91 Å². The van der Waals surface area contributed by atoms with E-state index in [4.69, 9.17) is 9.72 Å². The first-order valence-electron chi connectivity index (χ1n) is 11.8. The minimum absolute atomic E-state index is 0.148. The molecule has 1 amide bonds. The fourth-order valence-electron chi connectivity index (χ4n) is 4.71. The lowest BCUT2D eigenvalue weighted by molar-refractivity contribution is -0.139. The molecule has 0 unspecified atom stereocenters. The number of hydrogen-bond acceptors (Lipinski definition) is 6. The van der Waals surface area contributed by atoms with Crippen LogP contribution in [0.1, 0.15) is 53.7 Å². The fraction of sp³-hybridized carbons (Fsp3) is 0.440. The highest BCUT2D eigenvalue weighted by molar-refractivity contribution is 5.76. The zero-order valence-electron chi connectivity index (χ0n) is 19.0. The van der Waals surface area contributed by atoms with Crippen LogP contribution in [-0.4, -0.2) is 50.7 Å². The molecule has 33 heavy (non-hydrogen) atoms. The third kappa shape index (κ3) is 5.06. The molecule has 3 aromatic heterocycles. The summed E-state index contributed by atoms with van der Waals surface area (Å²) in [5, 5.41) is 11.0. The molecule has 8 nitrogen and oxygen atoms in total. The molecule has 0 radical (unpaired) electrons. The number of fused-ring (bicyclic) bond motifs is 1. The Labute approximate surface area is 193 Å². The normalized spacial score (nSPS) is 18.1. The molecule has 2 N–H and O–H groups in total. The van der Waals surface area contributed by atoms with E-state index in [0.717, 1.165) is 41.4 Å². The number of aromatic nitrogens is 4. The van der Waals surface area contributed by atoms with Gasteiger partial charge in [-0.3, -0.25) is 14.9 Å². The van der Waals surface area contributed by atoms with Crippen molar-refractivity contribution >= 4 is 17.4 Å². The van der Waals surface area contributed by atoms with E-state index in [1.807, 2.05) is 42.2 Å². The van der Waals surface area contributed by atoms with Crippen LogP contribution in [0.3, 0.4) is 0 Å². The number of rotatable bonds is 6. The fourth-order valence-corrected chi connectivity index (χ4v) is 4.71. The Morgan fingerprint density at radius 1 is 1.27 bits per heavy atom. The SMILES string of the molecule is Cc1cc(Nc2ccccn2)cc([C@@H]2CN(C(=O)CCc3n[nH]c4c3CCCC4)CCO2)n1. The minimum atomic E-state index is -0.245. The standard InChI is InChI=1S/C25H30N6O2/c1-17-14-18(28-24-8-4-5-11-26-24)15-22(27-17)23-16-31(12-13-33-23)25(32)10-9-21-19-6-2-3-7-20(19)29-30-21/h4-5,8,11,14-15,23H,2-3,6-7,9-10,12-13,16H2,1H3,(H,29,30)(H,26,27,28)/t23-/m0/s1. The summed E-state index contributed by atoms with van der Waals surface area (Å²) in [6, 6.07) is 9.71. The Kier molecular flexibility index (Phi) is 6.35. The number of aromatic amines is 1. The number of pyridine rings is 2. The third-order valence-corrected chi connectivity index (χ3v) is 6.38. The summed E-state index contributed by atoms with van der Waals surface area (Å²) in [5.74, 6) is 0.923. The van der Waals surface area contributed by atoms with Gasteiger partial charge in [-0.15, -0.1) is 0 Å². The number of ether oxygens (including phenoxy) is 1. The average molecular weight is 447 g/mol. The second kappa shape index (κ2) is 9.70. The maximum atomic E-state index is 13.0. The van der Waals surface area contributed by atoms with Crippen molar-refractivity contribution in [1.82, 2.24) is 25.1 Å². The van der Waals surface area contributed by atoms with Crippen LogP contribution in [-0.2, 0) is 28.8 Å². The van der Waals surface area contributed by atoms with Crippen molar-refractivity contribution in [2.24, 2.45) is 0 Å². The molecule has 1 fully saturated rings. The Balaban J connectivity index is 1.23. The second-order valence-electron chi connectivity index (χ2n) is 8.80. The number of anilines is 2. The van der Waals surface area contributed by atoms with Crippen LogP contribution in [0.25, 0.3) is 0 Å². The molecule has 172 valence electrons. The predicted octanol–water partition coefficient (Wildman–Crippen LogP) is 3.66. The lowest BCUT2D eigenvalue weighted by Gasteiger charge is -2.33. The van der Waals surface area contributed by atoms with Crippen LogP contribution in [0.15, 0.2) is 36.5 Å². The van der Waals surface area contributed by atoms with Gasteiger partial charge in [-0.25, -0.2) is 4.98 Å². The van der Waals surface area contributed by atoms with Crippen molar-refractivity contribution in [2.45, 2.75) is 51.6 Å². The van der Waals surface area contributed by atoms with Crippen molar-refractivity contribution in [2.75, 3.05) is 25.0 Å². The first-order valence-corrected chi connectivity index (χ1v) is 11.8. The minimum Gasteiger partial charge on any atom is -0.368 e. The topological polar surface area (TPSA) is 96.0 Å². The zero-order valence-corrected chi connectivity index (χ0v) is 19.0. The van der Waals surface area contributed by atoms with E-state index < -0.39 is 0 Å². The molecule has 4 heterocycles. The summed E-state index contributed by atoms with van der Waals surface area (Å²) in [7, 11) is 0. The number of morpholine rings is 1. The van der Waals surface area contributed by atoms with E-state index >= 15 is 0 Å². The Hall–Kier alpha value is -3.26. The second-order valence-corrected chi connectivity index (χ2v) is 8.80. The predicted molar refractivity (Wildman–Crippen MR) is 125 cm³/mol. The lowest BCUT2D eigenvalue weighted by atomic mass is 9.94. The first-order chi connectivity index (χ1) is 16.2. The quantitative estimate of drug-likeness (QED) is 0.600. The third-order valence-electron chi connectivity index (χ3n) is 6.38. The average Bonchev–Trinajstić information content (AvgIpc) is 3.26. The van der Waals surface area contributed by atoms with Crippen LogP contribution in [0.5, 0.6) is 0 Å². The Bertz CT molecular complexity index is 1110. The number of H-pyrrole nitrogens is 1. The van der Waals surface area contributed by atoms with Gasteiger partial charge in [0, 0.05) is 42.7 Å². The summed E-state index contributed by atoms with van der Waals surface area (Å²) >= 11 is 0. The van der Waals surface area contributed by atoms with Crippen molar-refractivity contribution in [3.8, 4) is 0 Å². The van der Waals surface area contributed by atoms with E-state index in [1.165, 1.54) is 24.1 Å². The van der Waals surface area contributed by atoms with E-state index in [0.29, 0.717) is 32.5 Å². The summed E-state index contributed by atoms with van der Waals surface area (Å²) in [4.78, 5) is 23.9. The molecule has 0 saturated carbocycles. The number of nitrogens with zero attached hydrogens (tertiary/aromatic N) is 4. The lowest BCUT2D eigenvalue weighted by Crippen LogP contribution is -2.42. The highest BCUT2D eigenvalue weighted by Gasteiger charge is 2.27. The smallest absolute Gasteiger partial charge is 0.223 e. The Morgan fingerprint density at radius 2 is 2.18 bits per heavy atom. The van der Waals surface area contributed by atoms with Gasteiger partial charge in [0.25, 0.3) is 0 Å². The van der Waals surface area contributed by atoms with Crippen molar-refractivity contribution in [1.29, 1.82) is 0 Å². The molecular formula is C25H30N6O2. The monoisotopic (exact) mass is 446 g/mol. The molecule has 0 bridgehead atoms. The molecule has 1 aliphatic carbocycles. The van der Waals surface area contributed by atoms with E-state index in [9.17, 15) is 4.79 Å². The van der Waals surface area contributed by atoms with Crippen LogP contribution in [0.4, 0.5) is 11.5 Å². The van der Waals surface area contributed by atoms with Crippen LogP contribution < -0.4 is 5.32 Å². The number of amides is 1. The number of aryl methyl sites for hydroxylation is 3. The van der Waals surface area contributed by atoms with Gasteiger partial charge in [0.05, 0.1) is 24.5 Å². The van der Waals surface area contributed by atoms with Crippen LogP contribution in [0, 0.1) is 6.92 Å². The molecule has 0 aromatic carbocycles. The maximum Gasteiger partial charge on any atom is 0.223 e. The van der Waals surface area contributed by atoms with Crippen LogP contribution >= 0.6 is 0 Å². The van der Waals surface area contributed by atoms with E-state index in [1.54, 1.807) is 6.20 Å². The van der Waals surface area contributed by atoms with Crippen LogP contribution in [0.2, 0.25) is 0 Å². The van der Waals surface area contributed by atoms with Gasteiger partial charge < -0.3 is 15.0 Å². The zero-order chi connectivity index (χ0) is 22.6. The number of hydrogen-bond donors (Lipinski definition) is 2. The molecule has 1 saturated heterocycles. The van der Waals surface area contributed by atoms with Gasteiger partial charge in [-0.05, 0) is 62.4 Å². The van der Waals surface area contributed by atoms with Gasteiger partial charge in [0.1, 0.15) is 11.9 Å². The van der Waals surface area contributed by atoms with E-state index in [-0.39, 0.29) is 12.0 Å². The highest BCUT2D eigenvalue weighted by atomic mass is 16.5. The van der Waals surface area contributed by atoms with Gasteiger partial charge >= 0.3 is 0 Å². The van der Waals surface area contributed by atoms with Gasteiger partial charge in [-0.1, -0.05) is 6.07 Å². The molecule has 8 heteroatoms. The molecule has 2 aliphatic rings. The first kappa shape index (κ1) is 21.6. The van der Waals surface area contributed by atoms with E-state index in [2.05, 4.69) is 20.5 Å². The number of carbonyl (C=O) groups excluding carboxylic acids is 1. The highest BCUT2D eigenvalue weighted by Crippen LogP contribution is 2.26. The Morgan fingerprint density at radius 3 is 3.06 bits per heavy atom. The van der Waals surface area contributed by atoms with Crippen molar-refractivity contribution in [3.63, 3.8) is 0 Å². The summed E-state index contributed by atoms with van der Waals surface area (Å²) < 4.78 is 6.01. The molecule has 1 atom stereocenters.